The van der Waals surface area contributed by atoms with Gasteiger partial charge in [0.2, 0.25) is 0 Å². The number of nitrogens with one attached hydrogen (secondary N) is 2. The molecule has 0 aliphatic carbocycles. The summed E-state index contributed by atoms with van der Waals surface area (Å²) in [5.74, 6) is -0.0162. The van der Waals surface area contributed by atoms with E-state index in [0.717, 1.165) is 23.7 Å². The number of rotatable bonds is 4. The van der Waals surface area contributed by atoms with Crippen LogP contribution in [0.3, 0.4) is 0 Å². The molecule has 18 heavy (non-hydrogen) atoms. The third-order valence-electron chi connectivity index (χ3n) is 3.34. The molecule has 0 atom stereocenters. The lowest BCUT2D eigenvalue weighted by Crippen LogP contribution is -2.33. The Hall–Kier alpha value is -1.77. The average molecular weight is 244 g/mol. The first-order valence-electron chi connectivity index (χ1n) is 6.54. The molecular formula is C15H20N2O. The van der Waals surface area contributed by atoms with Gasteiger partial charge in [0.15, 0.2) is 0 Å². The van der Waals surface area contributed by atoms with Gasteiger partial charge in [-0.1, -0.05) is 26.0 Å². The second kappa shape index (κ2) is 5.25. The molecule has 2 aromatic rings. The van der Waals surface area contributed by atoms with Crippen LogP contribution in [0.4, 0.5) is 0 Å². The van der Waals surface area contributed by atoms with Crippen LogP contribution in [-0.4, -0.2) is 16.9 Å². The number of H-pyrrole nitrogens is 1. The number of aromatic amines is 1. The zero-order chi connectivity index (χ0) is 13.1. The summed E-state index contributed by atoms with van der Waals surface area (Å²) >= 11 is 0. The van der Waals surface area contributed by atoms with Crippen LogP contribution in [0.5, 0.6) is 0 Å². The summed E-state index contributed by atoms with van der Waals surface area (Å²) in [6.07, 6.45) is 1.92. The molecule has 1 aromatic carbocycles. The van der Waals surface area contributed by atoms with Crippen molar-refractivity contribution >= 4 is 16.8 Å². The van der Waals surface area contributed by atoms with Gasteiger partial charge in [0.05, 0.1) is 0 Å². The van der Waals surface area contributed by atoms with Crippen LogP contribution in [0, 0.1) is 6.92 Å². The third kappa shape index (κ3) is 2.55. The van der Waals surface area contributed by atoms with Gasteiger partial charge in [0.1, 0.15) is 5.69 Å². The van der Waals surface area contributed by atoms with E-state index in [9.17, 15) is 4.79 Å². The predicted octanol–water partition coefficient (Wildman–Crippen LogP) is 3.39. The van der Waals surface area contributed by atoms with Crippen molar-refractivity contribution in [3.8, 4) is 0 Å². The Morgan fingerprint density at radius 2 is 2.00 bits per heavy atom. The van der Waals surface area contributed by atoms with Gasteiger partial charge in [-0.05, 0) is 37.5 Å². The first-order chi connectivity index (χ1) is 8.63. The maximum Gasteiger partial charge on any atom is 0.267 e. The summed E-state index contributed by atoms with van der Waals surface area (Å²) in [4.78, 5) is 15.3. The summed E-state index contributed by atoms with van der Waals surface area (Å²) < 4.78 is 0. The van der Waals surface area contributed by atoms with Gasteiger partial charge in [-0.2, -0.15) is 0 Å². The molecule has 0 bridgehead atoms. The fourth-order valence-electron chi connectivity index (χ4n) is 2.12. The highest BCUT2D eigenvalue weighted by Crippen LogP contribution is 2.17. The first kappa shape index (κ1) is 12.7. The second-order valence-corrected chi connectivity index (χ2v) is 4.76. The minimum Gasteiger partial charge on any atom is -0.351 e. The van der Waals surface area contributed by atoms with E-state index in [1.807, 2.05) is 19.1 Å². The minimum absolute atomic E-state index is 0.0162. The van der Waals surface area contributed by atoms with Crippen molar-refractivity contribution in [3.63, 3.8) is 0 Å². The highest BCUT2D eigenvalue weighted by atomic mass is 16.1. The van der Waals surface area contributed by atoms with Crippen LogP contribution in [0.2, 0.25) is 0 Å². The number of amides is 1. The lowest BCUT2D eigenvalue weighted by molar-refractivity contribution is 0.0930. The summed E-state index contributed by atoms with van der Waals surface area (Å²) in [5.41, 5.74) is 2.85. The summed E-state index contributed by atoms with van der Waals surface area (Å²) in [7, 11) is 0. The zero-order valence-electron chi connectivity index (χ0n) is 11.2. The molecule has 3 nitrogen and oxygen atoms in total. The molecule has 1 heterocycles. The van der Waals surface area contributed by atoms with E-state index < -0.39 is 0 Å². The highest BCUT2D eigenvalue weighted by Gasteiger charge is 2.12. The molecule has 0 aliphatic rings. The minimum atomic E-state index is -0.0162. The van der Waals surface area contributed by atoms with Crippen molar-refractivity contribution in [2.45, 2.75) is 39.7 Å². The van der Waals surface area contributed by atoms with Crippen LogP contribution in [0.1, 0.15) is 42.7 Å². The Morgan fingerprint density at radius 1 is 1.28 bits per heavy atom. The standard InChI is InChI=1S/C15H20N2O/c1-4-12(5-2)16-15(18)14-9-11-7-6-10(3)8-13(11)17-14/h6-9,12,17H,4-5H2,1-3H3,(H,16,18). The van der Waals surface area contributed by atoms with E-state index in [-0.39, 0.29) is 11.9 Å². The van der Waals surface area contributed by atoms with E-state index in [1.165, 1.54) is 5.56 Å². The normalized spacial score (nSPS) is 11.1. The molecule has 0 aliphatic heterocycles. The Bertz CT molecular complexity index is 553. The van der Waals surface area contributed by atoms with Gasteiger partial charge in [-0.15, -0.1) is 0 Å². The summed E-state index contributed by atoms with van der Waals surface area (Å²) in [5, 5.41) is 4.12. The van der Waals surface area contributed by atoms with Gasteiger partial charge in [0.25, 0.3) is 5.91 Å². The van der Waals surface area contributed by atoms with Crippen molar-refractivity contribution in [3.05, 3.63) is 35.5 Å². The van der Waals surface area contributed by atoms with Crippen LogP contribution in [0.15, 0.2) is 24.3 Å². The summed E-state index contributed by atoms with van der Waals surface area (Å²) in [6, 6.07) is 8.31. The molecule has 0 saturated carbocycles. The van der Waals surface area contributed by atoms with E-state index in [0.29, 0.717) is 5.69 Å². The largest absolute Gasteiger partial charge is 0.351 e. The molecule has 0 spiro atoms. The van der Waals surface area contributed by atoms with Gasteiger partial charge in [-0.25, -0.2) is 0 Å². The maximum absolute atomic E-state index is 12.1. The van der Waals surface area contributed by atoms with Gasteiger partial charge in [0, 0.05) is 16.9 Å². The predicted molar refractivity (Wildman–Crippen MR) is 74.9 cm³/mol. The fourth-order valence-corrected chi connectivity index (χ4v) is 2.12. The van der Waals surface area contributed by atoms with Crippen LogP contribution in [-0.2, 0) is 0 Å². The van der Waals surface area contributed by atoms with E-state index >= 15 is 0 Å². The number of hydrogen-bond acceptors (Lipinski definition) is 1. The number of benzene rings is 1. The number of hydrogen-bond donors (Lipinski definition) is 2. The SMILES string of the molecule is CCC(CC)NC(=O)c1cc2ccc(C)cc2[nH]1. The molecule has 0 saturated heterocycles. The van der Waals surface area contributed by atoms with Crippen molar-refractivity contribution < 1.29 is 4.79 Å². The molecule has 0 fully saturated rings. The van der Waals surface area contributed by atoms with Crippen LogP contribution >= 0.6 is 0 Å². The van der Waals surface area contributed by atoms with Gasteiger partial charge in [-0.3, -0.25) is 4.79 Å². The van der Waals surface area contributed by atoms with Crippen molar-refractivity contribution in [2.75, 3.05) is 0 Å². The number of carbonyl (C=O) groups excluding carboxylic acids is 1. The molecule has 0 unspecified atom stereocenters. The molecular weight excluding hydrogens is 224 g/mol. The molecule has 0 radical (unpaired) electrons. The lowest BCUT2D eigenvalue weighted by atomic mass is 10.1. The Kier molecular flexibility index (Phi) is 3.70. The van der Waals surface area contributed by atoms with Crippen LogP contribution < -0.4 is 5.32 Å². The van der Waals surface area contributed by atoms with Crippen molar-refractivity contribution in [1.82, 2.24) is 10.3 Å². The quantitative estimate of drug-likeness (QED) is 0.850. The average Bonchev–Trinajstić information content (AvgIpc) is 2.78. The Labute approximate surface area is 108 Å². The molecule has 2 N–H and O–H groups in total. The molecule has 3 heteroatoms. The fraction of sp³-hybridized carbons (Fsp3) is 0.400. The lowest BCUT2D eigenvalue weighted by Gasteiger charge is -2.13. The maximum atomic E-state index is 12.1. The topological polar surface area (TPSA) is 44.9 Å². The van der Waals surface area contributed by atoms with E-state index in [2.05, 4.69) is 36.3 Å². The monoisotopic (exact) mass is 244 g/mol. The first-order valence-corrected chi connectivity index (χ1v) is 6.54. The Balaban J connectivity index is 2.23. The van der Waals surface area contributed by atoms with Crippen LogP contribution in [0.25, 0.3) is 10.9 Å². The van der Waals surface area contributed by atoms with Gasteiger partial charge >= 0.3 is 0 Å². The zero-order valence-corrected chi connectivity index (χ0v) is 11.2. The van der Waals surface area contributed by atoms with E-state index in [4.69, 9.17) is 0 Å². The van der Waals surface area contributed by atoms with Crippen molar-refractivity contribution in [2.24, 2.45) is 0 Å². The third-order valence-corrected chi connectivity index (χ3v) is 3.34. The number of carbonyl (C=O) groups is 1. The number of aromatic nitrogens is 1. The van der Waals surface area contributed by atoms with Crippen molar-refractivity contribution in [1.29, 1.82) is 0 Å². The molecule has 96 valence electrons. The number of aryl methyl sites for hydroxylation is 1. The molecule has 1 aromatic heterocycles. The summed E-state index contributed by atoms with van der Waals surface area (Å²) in [6.45, 7) is 6.22. The molecule has 1 amide bonds. The second-order valence-electron chi connectivity index (χ2n) is 4.76. The number of fused-ring (bicyclic) bond motifs is 1. The van der Waals surface area contributed by atoms with E-state index in [1.54, 1.807) is 0 Å². The smallest absolute Gasteiger partial charge is 0.267 e. The van der Waals surface area contributed by atoms with Gasteiger partial charge < -0.3 is 10.3 Å². The molecule has 2 rings (SSSR count). The highest BCUT2D eigenvalue weighted by molar-refractivity contribution is 5.98. The Morgan fingerprint density at radius 3 is 2.67 bits per heavy atom.